The molecule has 15 rings (SSSR count). The van der Waals surface area contributed by atoms with Crippen LogP contribution in [0.5, 0.6) is 40.2 Å². The van der Waals surface area contributed by atoms with Crippen molar-refractivity contribution >= 4 is 73.3 Å². The van der Waals surface area contributed by atoms with E-state index in [2.05, 4.69) is 27.8 Å². The molecule has 34 heteroatoms. The van der Waals surface area contributed by atoms with E-state index in [1.807, 2.05) is 97.8 Å². The van der Waals surface area contributed by atoms with E-state index >= 15 is 0 Å². The van der Waals surface area contributed by atoms with Crippen LogP contribution in [0.2, 0.25) is 0 Å². The first-order valence-electron chi connectivity index (χ1n) is 41.7. The minimum absolute atomic E-state index is 0.0200. The number of carbonyl (C=O) groups is 5. The Morgan fingerprint density at radius 1 is 0.562 bits per heavy atom. The maximum Gasteiger partial charge on any atom is 0.501 e. The van der Waals surface area contributed by atoms with Crippen molar-refractivity contribution in [3.63, 3.8) is 0 Å². The van der Waals surface area contributed by atoms with Gasteiger partial charge in [-0.3, -0.25) is 34.0 Å². The summed E-state index contributed by atoms with van der Waals surface area (Å²) in [6.45, 7) is 3.88. The number of aliphatic hydroxyl groups excluding tert-OH is 4. The van der Waals surface area contributed by atoms with Gasteiger partial charge in [0.05, 0.1) is 113 Å². The van der Waals surface area contributed by atoms with Crippen LogP contribution in [0.1, 0.15) is 127 Å². The Kier molecular flexibility index (Phi) is 28.0. The maximum absolute atomic E-state index is 14.3. The van der Waals surface area contributed by atoms with Gasteiger partial charge < -0.3 is 86.3 Å². The number of methoxy groups -OCH3 is 2. The lowest BCUT2D eigenvalue weighted by Gasteiger charge is -2.39. The summed E-state index contributed by atoms with van der Waals surface area (Å²) in [5.74, 6) is -1.63. The van der Waals surface area contributed by atoms with E-state index in [1.165, 1.54) is 86.0 Å². The Morgan fingerprint density at radius 3 is 1.73 bits per heavy atom. The highest BCUT2D eigenvalue weighted by Crippen LogP contribution is 2.43. The van der Waals surface area contributed by atoms with Gasteiger partial charge in [-0.15, -0.1) is 13.5 Å². The zero-order valence-corrected chi connectivity index (χ0v) is 72.6. The maximum atomic E-state index is 14.3. The molecule has 0 spiro atoms. The summed E-state index contributed by atoms with van der Waals surface area (Å²) in [6.07, 6.45) is -2.20. The number of quaternary nitrogens is 1. The average molecular weight is 1790 g/mol. The van der Waals surface area contributed by atoms with E-state index in [-0.39, 0.29) is 123 Å². The van der Waals surface area contributed by atoms with Gasteiger partial charge in [-0.25, -0.2) is 13.1 Å². The van der Waals surface area contributed by atoms with Crippen molar-refractivity contribution < 1.29 is 112 Å². The van der Waals surface area contributed by atoms with E-state index in [0.29, 0.717) is 107 Å². The minimum Gasteiger partial charge on any atom is -0.493 e. The van der Waals surface area contributed by atoms with Crippen LogP contribution in [0.15, 0.2) is 203 Å². The molecule has 7 unspecified atom stereocenters. The van der Waals surface area contributed by atoms with Crippen molar-refractivity contribution in [2.45, 2.75) is 139 Å². The van der Waals surface area contributed by atoms with Crippen molar-refractivity contribution in [1.29, 1.82) is 0 Å². The topological polar surface area (TPSA) is 401 Å². The monoisotopic (exact) mass is 1780 g/mol. The molecule has 5 aliphatic heterocycles. The normalized spacial score (nSPS) is 18.2. The van der Waals surface area contributed by atoms with Crippen molar-refractivity contribution in [2.24, 2.45) is 9.98 Å². The zero-order valence-electron chi connectivity index (χ0n) is 71.0. The summed E-state index contributed by atoms with van der Waals surface area (Å²) in [4.78, 5) is 81.6. The number of aliphatic hydroxyl groups is 4. The smallest absolute Gasteiger partial charge is 0.493 e. The van der Waals surface area contributed by atoms with E-state index in [0.717, 1.165) is 45.0 Å². The highest BCUT2D eigenvalue weighted by atomic mass is 32.3. The van der Waals surface area contributed by atoms with E-state index < -0.39 is 80.7 Å². The first kappa shape index (κ1) is 90.2. The lowest BCUT2D eigenvalue weighted by atomic mass is 9.94. The average Bonchev–Trinajstić information content (AvgIpc) is 1.59. The molecule has 0 radical (unpaired) electrons. The highest BCUT2D eigenvalue weighted by molar-refractivity contribution is 7.91. The van der Waals surface area contributed by atoms with Crippen LogP contribution in [0.4, 0.5) is 11.4 Å². The fraction of sp³-hybridized carbons (Fsp3) is 0.330. The Hall–Kier alpha value is -12.6. The molecule has 32 nitrogen and oxygen atoms in total. The summed E-state index contributed by atoms with van der Waals surface area (Å²) in [5, 5.41) is 53.0. The van der Waals surface area contributed by atoms with E-state index in [4.69, 9.17) is 56.2 Å². The second-order valence-corrected chi connectivity index (χ2v) is 35.8. The van der Waals surface area contributed by atoms with Gasteiger partial charge >= 0.3 is 10.4 Å². The number of benzene rings is 9. The standard InChI is InChI=1S/C94H97N9O23S2/c1-58-16-27-74(28-17-58)127(113,114)36-30-80(106)63-20-22-64(23-21-63)91(110)95-31-34-120-57-70-51-100(99-98-70)32-35-119-33-10-15-79(105)67-24-29-81(123-94-90(109)89(108)88(107)87(54-104)124-94)86(42-67)126-128(115,116)125-73-25-18-59(19-26-73)52-103(2,3)53-60-37-61(55-121-84-45-77-75(43-82(84)117-4)92(111)101-49-68-13-8-6-11-65(68)40-71(101)47-96-77)39-62(38-60)56-122-85-46-78-76(44-83(85)118-5)93(112)102-50-69-14-9-7-12-66(69)41-72(102)48-97-78/h6-9,11-14,16-29,37-39,42-48,51,71-72,87-90,94,104,107-109H,10,15,30-36,40-41,49-50,52-57H2,1-5H3/p+1. The summed E-state index contributed by atoms with van der Waals surface area (Å²) in [6, 6.07) is 50.8. The van der Waals surface area contributed by atoms with E-state index in [9.17, 15) is 61.2 Å². The van der Waals surface area contributed by atoms with Gasteiger partial charge in [0.2, 0.25) is 6.29 Å². The van der Waals surface area contributed by atoms with Gasteiger partial charge in [-0.1, -0.05) is 83.6 Å². The molecule has 0 bridgehead atoms. The molecule has 5 aliphatic rings. The van der Waals surface area contributed by atoms with Crippen LogP contribution in [-0.2, 0) is 99.8 Å². The Balaban J connectivity index is 0.565. The molecule has 1 aromatic heterocycles. The Bertz CT molecular complexity index is 5910. The molecule has 1 fully saturated rings. The highest BCUT2D eigenvalue weighted by Gasteiger charge is 2.46. The van der Waals surface area contributed by atoms with Gasteiger partial charge in [-0.05, 0) is 157 Å². The van der Waals surface area contributed by atoms with Gasteiger partial charge in [0, 0.05) is 91.5 Å². The number of hydrogen-bond acceptors (Lipinski definition) is 27. The van der Waals surface area contributed by atoms with Crippen LogP contribution < -0.4 is 37.4 Å². The lowest BCUT2D eigenvalue weighted by molar-refractivity contribution is -0.916. The summed E-state index contributed by atoms with van der Waals surface area (Å²) < 4.78 is 115. The number of rotatable bonds is 38. The number of nitrogens with one attached hydrogen (secondary N) is 1. The number of Topliss-reactive ketones (excluding diaryl/α,β-unsaturated/α-hetero) is 2. The van der Waals surface area contributed by atoms with Crippen molar-refractivity contribution in [3.8, 4) is 40.2 Å². The van der Waals surface area contributed by atoms with Gasteiger partial charge in [-0.2, -0.15) is 0 Å². The summed E-state index contributed by atoms with van der Waals surface area (Å²) >= 11 is 0. The fourth-order valence-corrected chi connectivity index (χ4v) is 17.9. The van der Waals surface area contributed by atoms with Crippen LogP contribution in [0.25, 0.3) is 0 Å². The molecule has 9 aromatic carbocycles. The van der Waals surface area contributed by atoms with Crippen molar-refractivity contribution in [2.75, 3.05) is 67.0 Å². The molecule has 128 heavy (non-hydrogen) atoms. The first-order valence-corrected chi connectivity index (χ1v) is 44.7. The molecule has 6 heterocycles. The van der Waals surface area contributed by atoms with E-state index in [1.54, 1.807) is 59.4 Å². The molecule has 668 valence electrons. The number of fused-ring (bicyclic) bond motifs is 6. The third kappa shape index (κ3) is 21.8. The van der Waals surface area contributed by atoms with Gasteiger partial charge in [0.25, 0.3) is 17.7 Å². The number of aryl methyl sites for hydroxylation is 1. The number of aromatic nitrogens is 3. The quantitative estimate of drug-likeness (QED) is 0.0136. The van der Waals surface area contributed by atoms with Crippen LogP contribution >= 0.6 is 0 Å². The van der Waals surface area contributed by atoms with Crippen molar-refractivity contribution in [3.05, 3.63) is 272 Å². The molecule has 5 N–H and O–H groups in total. The number of carbonyl (C=O) groups excluding carboxylic acids is 5. The number of sulfone groups is 1. The first-order chi connectivity index (χ1) is 61.6. The number of amides is 3. The van der Waals surface area contributed by atoms with Crippen LogP contribution in [-0.4, -0.2) is 218 Å². The summed E-state index contributed by atoms with van der Waals surface area (Å²) in [7, 11) is -1.65. The third-order valence-electron chi connectivity index (χ3n) is 22.7. The molecule has 3 amide bonds. The molecule has 0 aliphatic carbocycles. The van der Waals surface area contributed by atoms with Gasteiger partial charge in [0.1, 0.15) is 62.2 Å². The molecular formula is C94H98N9O23S2+. The predicted molar refractivity (Wildman–Crippen MR) is 467 cm³/mol. The number of ketones is 2. The molecule has 1 saturated heterocycles. The molecule has 7 atom stereocenters. The second kappa shape index (κ2) is 39.7. The predicted octanol–water partition coefficient (Wildman–Crippen LogP) is 9.66. The van der Waals surface area contributed by atoms with Crippen molar-refractivity contribution in [1.82, 2.24) is 30.1 Å². The van der Waals surface area contributed by atoms with Gasteiger partial charge in [0.15, 0.2) is 55.9 Å². The molecular weight excluding hydrogens is 1690 g/mol. The number of hydrogen-bond donors (Lipinski definition) is 5. The van der Waals surface area contributed by atoms with Crippen LogP contribution in [0, 0.1) is 6.92 Å². The van der Waals surface area contributed by atoms with Crippen LogP contribution in [0.3, 0.4) is 0 Å². The largest absolute Gasteiger partial charge is 0.501 e. The fourth-order valence-electron chi connectivity index (χ4n) is 16.0. The number of ether oxygens (including phenoxy) is 8. The summed E-state index contributed by atoms with van der Waals surface area (Å²) in [5.41, 5.74) is 11.3. The molecule has 0 saturated carbocycles. The number of aliphatic imine (C=N–C) groups is 2. The Labute approximate surface area is 739 Å². The minimum atomic E-state index is -5.09. The SMILES string of the molecule is COc1cc2c(cc1OCc1cc(COc3cc4c(cc3OC)C(=O)N3Cc5ccccc5CC3C=N4)cc(C[N+](C)(C)Cc3ccc(OS(=O)(=O)Oc4cc(C(=O)CCCOCCn5cc(COCCNC(=O)c6ccc(C(=O)CCS(=O)(=O)c7ccc(C)cc7)cc6)nn5)ccc4OC4OC(CO)C(O)C(O)C4O)cc3)c1)N=CC1Cc3ccccc3CN1C2=O. The zero-order chi connectivity index (χ0) is 90.0. The second-order valence-electron chi connectivity index (χ2n) is 32.5. The third-order valence-corrected chi connectivity index (χ3v) is 25.2. The Morgan fingerprint density at radius 2 is 1.13 bits per heavy atom. The lowest BCUT2D eigenvalue weighted by Crippen LogP contribution is -2.60. The number of nitrogens with zero attached hydrogens (tertiary/aromatic N) is 8. The molecule has 10 aromatic rings.